The van der Waals surface area contributed by atoms with E-state index in [0.717, 1.165) is 48.1 Å². The van der Waals surface area contributed by atoms with Crippen molar-refractivity contribution in [2.45, 2.75) is 44.6 Å². The normalized spacial score (nSPS) is 15.0. The first-order valence-electron chi connectivity index (χ1n) is 12.8. The second-order valence-corrected chi connectivity index (χ2v) is 9.72. The third-order valence-corrected chi connectivity index (χ3v) is 7.35. The molecule has 190 valence electrons. The monoisotopic (exact) mass is 496 g/mol. The lowest BCUT2D eigenvalue weighted by Crippen LogP contribution is -2.36. The Morgan fingerprint density at radius 2 is 1.84 bits per heavy atom. The molecule has 1 fully saturated rings. The van der Waals surface area contributed by atoms with Gasteiger partial charge >= 0.3 is 0 Å². The maximum atomic E-state index is 12.8. The Morgan fingerprint density at radius 3 is 2.54 bits per heavy atom. The highest BCUT2D eigenvalue weighted by Crippen LogP contribution is 2.31. The van der Waals surface area contributed by atoms with Gasteiger partial charge in [-0.15, -0.1) is 0 Å². The Balaban J connectivity index is 1.32. The van der Waals surface area contributed by atoms with Gasteiger partial charge in [0, 0.05) is 38.1 Å². The Labute approximate surface area is 216 Å². The molecule has 4 aromatic rings. The second-order valence-electron chi connectivity index (χ2n) is 9.72. The molecule has 1 unspecified atom stereocenters. The van der Waals surface area contributed by atoms with Gasteiger partial charge in [-0.2, -0.15) is 0 Å². The molecule has 1 saturated heterocycles. The van der Waals surface area contributed by atoms with Gasteiger partial charge in [-0.1, -0.05) is 42.5 Å². The van der Waals surface area contributed by atoms with Crippen LogP contribution < -0.4 is 10.9 Å². The topological polar surface area (TPSA) is 98.3 Å². The fourth-order valence-electron chi connectivity index (χ4n) is 5.19. The number of aliphatic hydroxyl groups is 1. The van der Waals surface area contributed by atoms with Crippen molar-refractivity contribution in [1.29, 1.82) is 0 Å². The number of rotatable bonds is 7. The highest BCUT2D eigenvalue weighted by atomic mass is 16.3. The van der Waals surface area contributed by atoms with Crippen molar-refractivity contribution < 1.29 is 9.90 Å². The molecule has 1 atom stereocenters. The van der Waals surface area contributed by atoms with Gasteiger partial charge in [-0.05, 0) is 71.9 Å². The number of carbonyl (C=O) groups excluding carboxylic acids is 1. The molecule has 37 heavy (non-hydrogen) atoms. The molecule has 1 aliphatic rings. The van der Waals surface area contributed by atoms with Gasteiger partial charge in [0.1, 0.15) is 5.82 Å². The quantitative estimate of drug-likeness (QED) is 0.332. The molecule has 1 amide bonds. The predicted octanol–water partition coefficient (Wildman–Crippen LogP) is 5.06. The molecule has 7 nitrogen and oxygen atoms in total. The Hall–Kier alpha value is -3.97. The summed E-state index contributed by atoms with van der Waals surface area (Å²) >= 11 is 0. The summed E-state index contributed by atoms with van der Waals surface area (Å²) in [6.07, 6.45) is 5.93. The summed E-state index contributed by atoms with van der Waals surface area (Å²) in [7, 11) is 0. The maximum Gasteiger partial charge on any atom is 0.259 e. The number of nitrogens with one attached hydrogen (secondary N) is 2. The van der Waals surface area contributed by atoms with Crippen LogP contribution in [-0.4, -0.2) is 39.0 Å². The SMILES string of the molecule is CC(=O)N1CCC(c2ccc(Nc3ncc(CCC(O)c4ccccc4)c4cc[nH]c(=O)c34)cc2)CC1. The van der Waals surface area contributed by atoms with Gasteiger partial charge in [0.2, 0.25) is 5.91 Å². The van der Waals surface area contributed by atoms with E-state index >= 15 is 0 Å². The van der Waals surface area contributed by atoms with Crippen LogP contribution in [0.25, 0.3) is 10.8 Å². The van der Waals surface area contributed by atoms with E-state index in [9.17, 15) is 14.7 Å². The summed E-state index contributed by atoms with van der Waals surface area (Å²) in [5, 5.41) is 15.3. The summed E-state index contributed by atoms with van der Waals surface area (Å²) in [6.45, 7) is 3.23. The molecule has 0 aliphatic carbocycles. The minimum absolute atomic E-state index is 0.145. The van der Waals surface area contributed by atoms with Gasteiger partial charge in [0.05, 0.1) is 11.5 Å². The number of carbonyl (C=O) groups is 1. The van der Waals surface area contributed by atoms with Crippen molar-refractivity contribution in [3.63, 3.8) is 0 Å². The number of fused-ring (bicyclic) bond motifs is 1. The van der Waals surface area contributed by atoms with Crippen molar-refractivity contribution in [3.8, 4) is 0 Å². The largest absolute Gasteiger partial charge is 0.388 e. The Bertz CT molecular complexity index is 1430. The number of aromatic nitrogens is 2. The van der Waals surface area contributed by atoms with Crippen LogP contribution in [-0.2, 0) is 11.2 Å². The molecule has 2 aromatic heterocycles. The third-order valence-electron chi connectivity index (χ3n) is 7.35. The summed E-state index contributed by atoms with van der Waals surface area (Å²) in [6, 6.07) is 19.7. The highest BCUT2D eigenvalue weighted by molar-refractivity contribution is 5.94. The fourth-order valence-corrected chi connectivity index (χ4v) is 5.19. The minimum Gasteiger partial charge on any atom is -0.388 e. The van der Waals surface area contributed by atoms with Crippen LogP contribution in [0.3, 0.4) is 0 Å². The molecular formula is C30H32N4O3. The van der Waals surface area contributed by atoms with E-state index in [1.165, 1.54) is 5.56 Å². The average Bonchev–Trinajstić information content (AvgIpc) is 2.93. The van der Waals surface area contributed by atoms with Crippen molar-refractivity contribution in [2.24, 2.45) is 0 Å². The molecule has 0 spiro atoms. The lowest BCUT2D eigenvalue weighted by Gasteiger charge is -2.31. The first kappa shape index (κ1) is 24.7. The van der Waals surface area contributed by atoms with Crippen LogP contribution in [0.4, 0.5) is 11.5 Å². The van der Waals surface area contributed by atoms with Crippen molar-refractivity contribution >= 4 is 28.2 Å². The molecule has 0 bridgehead atoms. The van der Waals surface area contributed by atoms with Gasteiger partial charge in [-0.3, -0.25) is 9.59 Å². The van der Waals surface area contributed by atoms with E-state index in [4.69, 9.17) is 0 Å². The summed E-state index contributed by atoms with van der Waals surface area (Å²) in [5.41, 5.74) is 3.72. The third kappa shape index (κ3) is 5.57. The zero-order chi connectivity index (χ0) is 25.8. The molecule has 3 N–H and O–H groups in total. The number of amides is 1. The van der Waals surface area contributed by atoms with E-state index in [2.05, 4.69) is 27.4 Å². The molecule has 1 aliphatic heterocycles. The number of hydrogen-bond donors (Lipinski definition) is 3. The zero-order valence-electron chi connectivity index (χ0n) is 21.0. The molecule has 3 heterocycles. The number of H-pyrrole nitrogens is 1. The smallest absolute Gasteiger partial charge is 0.259 e. The number of anilines is 2. The number of pyridine rings is 2. The zero-order valence-corrected chi connectivity index (χ0v) is 21.0. The minimum atomic E-state index is -0.579. The Kier molecular flexibility index (Phi) is 7.32. The molecule has 0 saturated carbocycles. The van der Waals surface area contributed by atoms with Gasteiger partial charge in [-0.25, -0.2) is 4.98 Å². The summed E-state index contributed by atoms with van der Waals surface area (Å²) in [4.78, 5) is 33.7. The Morgan fingerprint density at radius 1 is 1.11 bits per heavy atom. The number of aliphatic hydroxyl groups excluding tert-OH is 1. The average molecular weight is 497 g/mol. The van der Waals surface area contributed by atoms with E-state index in [0.29, 0.717) is 30.0 Å². The van der Waals surface area contributed by atoms with Gasteiger partial charge < -0.3 is 20.3 Å². The molecular weight excluding hydrogens is 464 g/mol. The standard InChI is InChI=1S/C30H32N4O3/c1-20(35)34-17-14-22(15-18-34)21-7-10-25(11-8-21)33-29-28-26(13-16-31-30(28)37)24(19-32-29)9-12-27(36)23-5-3-2-4-6-23/h2-8,10-11,13,16,19,22,27,36H,9,12,14-15,17-18H2,1H3,(H,31,37)(H,32,33). The molecule has 0 radical (unpaired) electrons. The van der Waals surface area contributed by atoms with Crippen LogP contribution in [0.15, 0.2) is 77.9 Å². The van der Waals surface area contributed by atoms with Crippen LogP contribution in [0, 0.1) is 0 Å². The summed E-state index contributed by atoms with van der Waals surface area (Å²) < 4.78 is 0. The first-order valence-corrected chi connectivity index (χ1v) is 12.8. The molecule has 5 rings (SSSR count). The molecule has 2 aromatic carbocycles. The van der Waals surface area contributed by atoms with E-state index in [1.807, 2.05) is 53.4 Å². The van der Waals surface area contributed by atoms with Crippen LogP contribution in [0.2, 0.25) is 0 Å². The second kappa shape index (κ2) is 11.0. The van der Waals surface area contributed by atoms with E-state index in [-0.39, 0.29) is 11.5 Å². The van der Waals surface area contributed by atoms with E-state index < -0.39 is 6.10 Å². The fraction of sp³-hybridized carbons (Fsp3) is 0.300. The van der Waals surface area contributed by atoms with Gasteiger partial charge in [0.15, 0.2) is 0 Å². The number of aromatic amines is 1. The van der Waals surface area contributed by atoms with Gasteiger partial charge in [0.25, 0.3) is 5.56 Å². The van der Waals surface area contributed by atoms with Crippen molar-refractivity contribution in [3.05, 3.63) is 100 Å². The van der Waals surface area contributed by atoms with Crippen molar-refractivity contribution in [2.75, 3.05) is 18.4 Å². The van der Waals surface area contributed by atoms with Crippen LogP contribution in [0.5, 0.6) is 0 Å². The molecule has 7 heteroatoms. The van der Waals surface area contributed by atoms with Crippen molar-refractivity contribution in [1.82, 2.24) is 14.9 Å². The summed E-state index contributed by atoms with van der Waals surface area (Å²) in [5.74, 6) is 1.09. The highest BCUT2D eigenvalue weighted by Gasteiger charge is 2.22. The number of piperidine rings is 1. The predicted molar refractivity (Wildman–Crippen MR) is 146 cm³/mol. The number of hydrogen-bond acceptors (Lipinski definition) is 5. The van der Waals surface area contributed by atoms with Crippen LogP contribution in [0.1, 0.15) is 54.9 Å². The van der Waals surface area contributed by atoms with Crippen LogP contribution >= 0.6 is 0 Å². The maximum absolute atomic E-state index is 12.8. The number of nitrogens with zero attached hydrogens (tertiary/aromatic N) is 2. The lowest BCUT2D eigenvalue weighted by atomic mass is 9.89. The van der Waals surface area contributed by atoms with E-state index in [1.54, 1.807) is 19.3 Å². The number of likely N-dealkylation sites (tertiary alicyclic amines) is 1. The first-order chi connectivity index (χ1) is 18.0. The lowest BCUT2D eigenvalue weighted by molar-refractivity contribution is -0.129. The number of aryl methyl sites for hydroxylation is 1. The number of benzene rings is 2.